The Hall–Kier alpha value is -1.10. The van der Waals surface area contributed by atoms with Gasteiger partial charge in [0.1, 0.15) is 0 Å². The Morgan fingerprint density at radius 2 is 2.16 bits per heavy atom. The van der Waals surface area contributed by atoms with E-state index in [4.69, 9.17) is 16.7 Å². The quantitative estimate of drug-likeness (QED) is 0.885. The number of likely N-dealkylation sites (N-methyl/N-ethyl adjacent to an activating group) is 1. The third-order valence-electron chi connectivity index (χ3n) is 3.82. The topological polar surface area (TPSA) is 60.8 Å². The number of hydrogen-bond donors (Lipinski definition) is 2. The van der Waals surface area contributed by atoms with E-state index < -0.39 is 18.0 Å². The van der Waals surface area contributed by atoms with E-state index in [2.05, 4.69) is 0 Å². The van der Waals surface area contributed by atoms with Gasteiger partial charge in [0.15, 0.2) is 0 Å². The van der Waals surface area contributed by atoms with Gasteiger partial charge in [-0.1, -0.05) is 29.8 Å². The average molecular weight is 284 g/mol. The fourth-order valence-corrected chi connectivity index (χ4v) is 2.82. The van der Waals surface area contributed by atoms with Crippen molar-refractivity contribution in [3.05, 3.63) is 34.9 Å². The van der Waals surface area contributed by atoms with E-state index >= 15 is 0 Å². The number of nitrogens with zero attached hydrogens (tertiary/aromatic N) is 1. The van der Waals surface area contributed by atoms with E-state index in [0.717, 1.165) is 12.0 Å². The highest BCUT2D eigenvalue weighted by Gasteiger charge is 2.36. The normalized spacial score (nSPS) is 28.3. The fraction of sp³-hybridized carbons (Fsp3) is 0.500. The van der Waals surface area contributed by atoms with Crippen molar-refractivity contribution in [2.24, 2.45) is 5.92 Å². The molecule has 3 unspecified atom stereocenters. The average Bonchev–Trinajstić information content (AvgIpc) is 2.35. The molecule has 4 nitrogen and oxygen atoms in total. The minimum atomic E-state index is -0.935. The Balaban J connectivity index is 2.07. The van der Waals surface area contributed by atoms with Gasteiger partial charge in [0, 0.05) is 17.6 Å². The van der Waals surface area contributed by atoms with Crippen molar-refractivity contribution < 1.29 is 15.0 Å². The van der Waals surface area contributed by atoms with Crippen molar-refractivity contribution in [1.82, 2.24) is 4.90 Å². The molecule has 0 amide bonds. The number of carboxylic acid groups (broad SMARTS) is 1. The number of hydrogen-bond acceptors (Lipinski definition) is 3. The Morgan fingerprint density at radius 1 is 1.47 bits per heavy atom. The van der Waals surface area contributed by atoms with Crippen molar-refractivity contribution in [3.8, 4) is 0 Å². The molecule has 1 aliphatic rings. The van der Waals surface area contributed by atoms with Crippen molar-refractivity contribution in [3.63, 3.8) is 0 Å². The van der Waals surface area contributed by atoms with Gasteiger partial charge in [-0.25, -0.2) is 0 Å². The highest BCUT2D eigenvalue weighted by Crippen LogP contribution is 2.26. The molecule has 1 aliphatic heterocycles. The van der Waals surface area contributed by atoms with Crippen LogP contribution in [0.15, 0.2) is 24.3 Å². The van der Waals surface area contributed by atoms with Gasteiger partial charge in [-0.2, -0.15) is 0 Å². The Morgan fingerprint density at radius 3 is 2.79 bits per heavy atom. The number of halogens is 1. The lowest BCUT2D eigenvalue weighted by atomic mass is 9.87. The predicted molar refractivity (Wildman–Crippen MR) is 73.3 cm³/mol. The van der Waals surface area contributed by atoms with Gasteiger partial charge in [-0.15, -0.1) is 0 Å². The van der Waals surface area contributed by atoms with Crippen LogP contribution in [0.25, 0.3) is 0 Å². The number of aliphatic carboxylic acids is 1. The first kappa shape index (κ1) is 14.3. The highest BCUT2D eigenvalue weighted by molar-refractivity contribution is 6.31. The molecule has 0 saturated carbocycles. The molecule has 1 aromatic rings. The number of carboxylic acids is 1. The molecular formula is C14H18ClNO3. The van der Waals surface area contributed by atoms with Gasteiger partial charge in [0.25, 0.3) is 0 Å². The maximum absolute atomic E-state index is 11.0. The van der Waals surface area contributed by atoms with E-state index in [9.17, 15) is 9.90 Å². The van der Waals surface area contributed by atoms with Crippen LogP contribution in [0.1, 0.15) is 12.0 Å². The Bertz CT molecular complexity index is 466. The van der Waals surface area contributed by atoms with Crippen LogP contribution in [0.4, 0.5) is 0 Å². The van der Waals surface area contributed by atoms with E-state index in [1.807, 2.05) is 36.2 Å². The van der Waals surface area contributed by atoms with Crippen molar-refractivity contribution in [2.45, 2.75) is 25.0 Å². The van der Waals surface area contributed by atoms with Crippen LogP contribution in [0.5, 0.6) is 0 Å². The van der Waals surface area contributed by atoms with Crippen LogP contribution >= 0.6 is 11.6 Å². The lowest BCUT2D eigenvalue weighted by molar-refractivity contribution is -0.149. The molecule has 0 spiro atoms. The molecule has 1 fully saturated rings. The van der Waals surface area contributed by atoms with Gasteiger partial charge in [-0.3, -0.25) is 4.79 Å². The van der Waals surface area contributed by atoms with E-state index in [-0.39, 0.29) is 6.04 Å². The summed E-state index contributed by atoms with van der Waals surface area (Å²) in [5.41, 5.74) is 1.03. The lowest BCUT2D eigenvalue weighted by Crippen LogP contribution is -2.50. The van der Waals surface area contributed by atoms with Crippen LogP contribution in [-0.2, 0) is 11.2 Å². The monoisotopic (exact) mass is 283 g/mol. The summed E-state index contributed by atoms with van der Waals surface area (Å²) in [6.07, 6.45) is 0.388. The smallest absolute Gasteiger partial charge is 0.310 e. The number of benzene rings is 1. The molecule has 1 heterocycles. The predicted octanol–water partition coefficient (Wildman–Crippen LogP) is 1.65. The minimum absolute atomic E-state index is 0.116. The lowest BCUT2D eigenvalue weighted by Gasteiger charge is -2.38. The van der Waals surface area contributed by atoms with E-state index in [1.165, 1.54) is 0 Å². The van der Waals surface area contributed by atoms with Gasteiger partial charge < -0.3 is 15.1 Å². The second-order valence-electron chi connectivity index (χ2n) is 5.14. The summed E-state index contributed by atoms with van der Waals surface area (Å²) in [6, 6.07) is 7.74. The first-order valence-corrected chi connectivity index (χ1v) is 6.71. The molecule has 104 valence electrons. The van der Waals surface area contributed by atoms with Crippen LogP contribution in [0, 0.1) is 5.92 Å². The minimum Gasteiger partial charge on any atom is -0.481 e. The van der Waals surface area contributed by atoms with Crippen molar-refractivity contribution in [1.29, 1.82) is 0 Å². The zero-order valence-corrected chi connectivity index (χ0v) is 11.5. The van der Waals surface area contributed by atoms with Crippen LogP contribution in [0.2, 0.25) is 5.02 Å². The summed E-state index contributed by atoms with van der Waals surface area (Å²) in [5.74, 6) is -1.64. The molecule has 1 aromatic carbocycles. The number of rotatable bonds is 3. The van der Waals surface area contributed by atoms with Crippen LogP contribution in [-0.4, -0.2) is 46.8 Å². The molecule has 0 aromatic heterocycles. The molecule has 0 aliphatic carbocycles. The maximum Gasteiger partial charge on any atom is 0.310 e. The van der Waals surface area contributed by atoms with Crippen LogP contribution in [0.3, 0.4) is 0 Å². The summed E-state index contributed by atoms with van der Waals surface area (Å²) < 4.78 is 0. The summed E-state index contributed by atoms with van der Waals surface area (Å²) in [4.78, 5) is 13.0. The van der Waals surface area contributed by atoms with Gasteiger partial charge in [-0.05, 0) is 31.5 Å². The standard InChI is InChI=1S/C14H18ClNO3/c1-16-8-11(14(18)19)13(17)7-10(16)6-9-4-2-3-5-12(9)15/h2-5,10-11,13,17H,6-8H2,1H3,(H,18,19). The molecule has 1 saturated heterocycles. The summed E-state index contributed by atoms with van der Waals surface area (Å²) in [5, 5.41) is 19.7. The second kappa shape index (κ2) is 5.90. The molecule has 5 heteroatoms. The first-order valence-electron chi connectivity index (χ1n) is 6.33. The van der Waals surface area contributed by atoms with Crippen molar-refractivity contribution in [2.75, 3.05) is 13.6 Å². The van der Waals surface area contributed by atoms with Gasteiger partial charge in [0.2, 0.25) is 0 Å². The Kier molecular flexibility index (Phi) is 4.45. The maximum atomic E-state index is 11.0. The molecule has 3 atom stereocenters. The zero-order valence-electron chi connectivity index (χ0n) is 10.8. The second-order valence-corrected chi connectivity index (χ2v) is 5.54. The largest absolute Gasteiger partial charge is 0.481 e. The molecule has 2 rings (SSSR count). The van der Waals surface area contributed by atoms with E-state index in [0.29, 0.717) is 18.0 Å². The molecular weight excluding hydrogens is 266 g/mol. The molecule has 0 radical (unpaired) electrons. The first-order chi connectivity index (χ1) is 8.99. The number of piperidine rings is 1. The zero-order chi connectivity index (χ0) is 14.0. The number of likely N-dealkylation sites (tertiary alicyclic amines) is 1. The third kappa shape index (κ3) is 3.26. The van der Waals surface area contributed by atoms with Gasteiger partial charge >= 0.3 is 5.97 Å². The summed E-state index contributed by atoms with van der Waals surface area (Å²) in [6.45, 7) is 0.367. The molecule has 19 heavy (non-hydrogen) atoms. The Labute approximate surface area is 117 Å². The fourth-order valence-electron chi connectivity index (χ4n) is 2.60. The molecule has 2 N–H and O–H groups in total. The number of aliphatic hydroxyl groups is 1. The summed E-state index contributed by atoms with van der Waals surface area (Å²) in [7, 11) is 1.89. The van der Waals surface area contributed by atoms with Crippen LogP contribution < -0.4 is 0 Å². The SMILES string of the molecule is CN1CC(C(=O)O)C(O)CC1Cc1ccccc1Cl. The van der Waals surface area contributed by atoms with Crippen molar-refractivity contribution >= 4 is 17.6 Å². The number of aliphatic hydroxyl groups excluding tert-OH is 1. The van der Waals surface area contributed by atoms with Gasteiger partial charge in [0.05, 0.1) is 12.0 Å². The summed E-state index contributed by atoms with van der Waals surface area (Å²) >= 11 is 6.13. The number of carbonyl (C=O) groups is 1. The molecule has 0 bridgehead atoms. The third-order valence-corrected chi connectivity index (χ3v) is 4.19. The van der Waals surface area contributed by atoms with E-state index in [1.54, 1.807) is 0 Å². The highest BCUT2D eigenvalue weighted by atomic mass is 35.5.